The molecule has 0 aliphatic heterocycles. The molecule has 9 heteroatoms. The standard InChI is InChI=1S/C21H27N3O6/c1-21(2,3)30-20(26)23-13-17(25)12-22-16-9-10-18(24(27)28)19(11-16)29-14-15-7-5-4-6-8-15/h4-11,17,22,25H,12-14H2,1-3H3,(H,23,26). The fourth-order valence-electron chi connectivity index (χ4n) is 2.45. The topological polar surface area (TPSA) is 123 Å². The highest BCUT2D eigenvalue weighted by Crippen LogP contribution is 2.30. The van der Waals surface area contributed by atoms with Crippen LogP contribution < -0.4 is 15.4 Å². The Bertz CT molecular complexity index is 852. The lowest BCUT2D eigenvalue weighted by molar-refractivity contribution is -0.385. The van der Waals surface area contributed by atoms with Crippen LogP contribution in [0.5, 0.6) is 5.75 Å². The molecule has 0 bridgehead atoms. The van der Waals surface area contributed by atoms with Gasteiger partial charge in [-0.15, -0.1) is 0 Å². The molecular formula is C21H27N3O6. The summed E-state index contributed by atoms with van der Waals surface area (Å²) < 4.78 is 10.7. The molecule has 9 nitrogen and oxygen atoms in total. The SMILES string of the molecule is CC(C)(C)OC(=O)NCC(O)CNc1ccc([N+](=O)[O-])c(OCc2ccccc2)c1. The molecule has 1 amide bonds. The third kappa shape index (κ3) is 7.96. The van der Waals surface area contributed by atoms with Gasteiger partial charge in [-0.25, -0.2) is 4.79 Å². The Kier molecular flexibility index (Phi) is 7.99. The number of hydrogen-bond acceptors (Lipinski definition) is 7. The van der Waals surface area contributed by atoms with Crippen molar-refractivity contribution < 1.29 is 24.3 Å². The van der Waals surface area contributed by atoms with Gasteiger partial charge in [0.2, 0.25) is 0 Å². The summed E-state index contributed by atoms with van der Waals surface area (Å²) in [5.41, 5.74) is 0.653. The van der Waals surface area contributed by atoms with Gasteiger partial charge in [-0.2, -0.15) is 0 Å². The van der Waals surface area contributed by atoms with E-state index in [1.54, 1.807) is 20.8 Å². The number of rotatable bonds is 9. The van der Waals surface area contributed by atoms with Crippen molar-refractivity contribution in [3.8, 4) is 5.75 Å². The minimum atomic E-state index is -0.888. The molecule has 2 aromatic carbocycles. The largest absolute Gasteiger partial charge is 0.482 e. The highest BCUT2D eigenvalue weighted by molar-refractivity contribution is 5.67. The molecule has 0 aliphatic rings. The second kappa shape index (κ2) is 10.4. The third-order valence-corrected chi connectivity index (χ3v) is 3.82. The molecule has 0 aliphatic carbocycles. The van der Waals surface area contributed by atoms with Crippen LogP contribution in [0, 0.1) is 10.1 Å². The highest BCUT2D eigenvalue weighted by atomic mass is 16.6. The van der Waals surface area contributed by atoms with Gasteiger partial charge in [-0.05, 0) is 32.4 Å². The number of nitrogens with zero attached hydrogens (tertiary/aromatic N) is 1. The predicted octanol–water partition coefficient (Wildman–Crippen LogP) is 3.47. The first-order valence-electron chi connectivity index (χ1n) is 9.48. The van der Waals surface area contributed by atoms with Crippen LogP contribution in [0.3, 0.4) is 0 Å². The molecule has 0 saturated heterocycles. The Balaban J connectivity index is 1.92. The van der Waals surface area contributed by atoms with E-state index in [0.717, 1.165) is 5.56 Å². The van der Waals surface area contributed by atoms with Crippen LogP contribution in [-0.2, 0) is 11.3 Å². The average molecular weight is 417 g/mol. The lowest BCUT2D eigenvalue weighted by Gasteiger charge is -2.20. The Hall–Kier alpha value is -3.33. The molecule has 0 fully saturated rings. The number of anilines is 1. The maximum atomic E-state index is 11.6. The molecule has 0 saturated carbocycles. The number of nitro benzene ring substituents is 1. The predicted molar refractivity (Wildman–Crippen MR) is 113 cm³/mol. The molecule has 2 rings (SSSR count). The maximum absolute atomic E-state index is 11.6. The number of ether oxygens (including phenoxy) is 2. The maximum Gasteiger partial charge on any atom is 0.407 e. The second-order valence-electron chi connectivity index (χ2n) is 7.63. The molecule has 1 unspecified atom stereocenters. The molecule has 2 aromatic rings. The lowest BCUT2D eigenvalue weighted by atomic mass is 10.2. The zero-order valence-electron chi connectivity index (χ0n) is 17.3. The van der Waals surface area contributed by atoms with Crippen molar-refractivity contribution in [1.82, 2.24) is 5.32 Å². The van der Waals surface area contributed by atoms with Crippen molar-refractivity contribution in [2.75, 3.05) is 18.4 Å². The van der Waals surface area contributed by atoms with Crippen molar-refractivity contribution in [1.29, 1.82) is 0 Å². The van der Waals surface area contributed by atoms with E-state index in [9.17, 15) is 20.0 Å². The van der Waals surface area contributed by atoms with E-state index >= 15 is 0 Å². The molecule has 30 heavy (non-hydrogen) atoms. The van der Waals surface area contributed by atoms with Gasteiger partial charge in [0.05, 0.1) is 11.0 Å². The summed E-state index contributed by atoms with van der Waals surface area (Å²) in [5, 5.41) is 26.8. The highest BCUT2D eigenvalue weighted by Gasteiger charge is 2.18. The zero-order valence-corrected chi connectivity index (χ0v) is 17.3. The van der Waals surface area contributed by atoms with Crippen LogP contribution in [0.25, 0.3) is 0 Å². The number of amides is 1. The van der Waals surface area contributed by atoms with E-state index in [0.29, 0.717) is 5.69 Å². The van der Waals surface area contributed by atoms with Gasteiger partial charge >= 0.3 is 11.8 Å². The number of alkyl carbamates (subject to hydrolysis) is 1. The van der Waals surface area contributed by atoms with Gasteiger partial charge in [-0.3, -0.25) is 10.1 Å². The molecule has 0 radical (unpaired) electrons. The molecule has 0 heterocycles. The Morgan fingerprint density at radius 3 is 2.50 bits per heavy atom. The number of nitrogens with one attached hydrogen (secondary N) is 2. The molecule has 0 aromatic heterocycles. The summed E-state index contributed by atoms with van der Waals surface area (Å²) in [6.45, 7) is 5.54. The van der Waals surface area contributed by atoms with Crippen molar-refractivity contribution in [2.24, 2.45) is 0 Å². The molecule has 1 atom stereocenters. The van der Waals surface area contributed by atoms with E-state index in [2.05, 4.69) is 10.6 Å². The number of aliphatic hydroxyl groups is 1. The van der Waals surface area contributed by atoms with Gasteiger partial charge in [0.25, 0.3) is 0 Å². The number of carbonyl (C=O) groups is 1. The summed E-state index contributed by atoms with van der Waals surface area (Å²) in [6, 6.07) is 13.7. The number of carbonyl (C=O) groups excluding carboxylic acids is 1. The fraction of sp³-hybridized carbons (Fsp3) is 0.381. The van der Waals surface area contributed by atoms with Crippen LogP contribution >= 0.6 is 0 Å². The van der Waals surface area contributed by atoms with Crippen LogP contribution in [-0.4, -0.2) is 40.9 Å². The normalized spacial score (nSPS) is 12.0. The van der Waals surface area contributed by atoms with E-state index in [4.69, 9.17) is 9.47 Å². The number of hydrogen-bond donors (Lipinski definition) is 3. The summed E-state index contributed by atoms with van der Waals surface area (Å²) in [5.74, 6) is 0.121. The first-order chi connectivity index (χ1) is 14.1. The van der Waals surface area contributed by atoms with Crippen molar-refractivity contribution in [3.63, 3.8) is 0 Å². The van der Waals surface area contributed by atoms with E-state index < -0.39 is 22.7 Å². The third-order valence-electron chi connectivity index (χ3n) is 3.82. The van der Waals surface area contributed by atoms with Gasteiger partial charge in [0.15, 0.2) is 5.75 Å². The van der Waals surface area contributed by atoms with Crippen LogP contribution in [0.4, 0.5) is 16.2 Å². The summed E-state index contributed by atoms with van der Waals surface area (Å²) in [7, 11) is 0. The van der Waals surface area contributed by atoms with Crippen LogP contribution in [0.15, 0.2) is 48.5 Å². The van der Waals surface area contributed by atoms with E-state index in [-0.39, 0.29) is 31.1 Å². The average Bonchev–Trinajstić information content (AvgIpc) is 2.68. The minimum Gasteiger partial charge on any atom is -0.482 e. The first kappa shape index (κ1) is 23.0. The van der Waals surface area contributed by atoms with E-state index in [1.165, 1.54) is 18.2 Å². The summed E-state index contributed by atoms with van der Waals surface area (Å²) >= 11 is 0. The molecule has 0 spiro atoms. The number of nitro groups is 1. The Morgan fingerprint density at radius 2 is 1.87 bits per heavy atom. The number of aliphatic hydroxyl groups excluding tert-OH is 1. The second-order valence-corrected chi connectivity index (χ2v) is 7.63. The summed E-state index contributed by atoms with van der Waals surface area (Å²) in [4.78, 5) is 22.4. The minimum absolute atomic E-state index is 0.00768. The molecule has 3 N–H and O–H groups in total. The lowest BCUT2D eigenvalue weighted by Crippen LogP contribution is -2.39. The molecular weight excluding hydrogens is 390 g/mol. The van der Waals surface area contributed by atoms with Gasteiger partial charge in [-0.1, -0.05) is 30.3 Å². The van der Waals surface area contributed by atoms with Crippen LogP contribution in [0.1, 0.15) is 26.3 Å². The quantitative estimate of drug-likeness (QED) is 0.422. The Morgan fingerprint density at radius 1 is 1.17 bits per heavy atom. The Labute approximate surface area is 175 Å². The van der Waals surface area contributed by atoms with Gasteiger partial charge in [0.1, 0.15) is 12.2 Å². The van der Waals surface area contributed by atoms with Crippen molar-refractivity contribution >= 4 is 17.5 Å². The van der Waals surface area contributed by atoms with Crippen molar-refractivity contribution in [3.05, 3.63) is 64.2 Å². The fourth-order valence-corrected chi connectivity index (χ4v) is 2.45. The summed E-state index contributed by atoms with van der Waals surface area (Å²) in [6.07, 6.45) is -1.50. The molecule has 162 valence electrons. The van der Waals surface area contributed by atoms with E-state index in [1.807, 2.05) is 30.3 Å². The van der Waals surface area contributed by atoms with Gasteiger partial charge < -0.3 is 25.2 Å². The monoisotopic (exact) mass is 417 g/mol. The van der Waals surface area contributed by atoms with Crippen molar-refractivity contribution in [2.45, 2.75) is 39.1 Å². The first-order valence-corrected chi connectivity index (χ1v) is 9.48. The smallest absolute Gasteiger partial charge is 0.407 e. The zero-order chi connectivity index (χ0) is 22.1. The van der Waals surface area contributed by atoms with Gasteiger partial charge in [0, 0.05) is 30.9 Å². The van der Waals surface area contributed by atoms with Crippen LogP contribution in [0.2, 0.25) is 0 Å². The number of benzene rings is 2.